The third-order valence-electron chi connectivity index (χ3n) is 5.94. The fourth-order valence-corrected chi connectivity index (χ4v) is 4.63. The number of carbonyl (C=O) groups is 1. The molecule has 2 amide bonds. The van der Waals surface area contributed by atoms with Gasteiger partial charge in [-0.15, -0.1) is 11.8 Å². The van der Waals surface area contributed by atoms with Crippen molar-refractivity contribution < 1.29 is 4.79 Å². The van der Waals surface area contributed by atoms with E-state index in [4.69, 9.17) is 4.98 Å². The number of anilines is 3. The third kappa shape index (κ3) is 5.46. The quantitative estimate of drug-likeness (QED) is 0.429. The molecule has 168 valence electrons. The van der Waals surface area contributed by atoms with Crippen LogP contribution in [0, 0.1) is 0 Å². The summed E-state index contributed by atoms with van der Waals surface area (Å²) in [6.07, 6.45) is 5.94. The number of fused-ring (bicyclic) bond motifs is 1. The van der Waals surface area contributed by atoms with Gasteiger partial charge in [0, 0.05) is 53.9 Å². The second-order valence-electron chi connectivity index (χ2n) is 8.46. The van der Waals surface area contributed by atoms with Crippen molar-refractivity contribution >= 4 is 45.9 Å². The van der Waals surface area contributed by atoms with E-state index in [-0.39, 0.29) is 12.1 Å². The summed E-state index contributed by atoms with van der Waals surface area (Å²) in [4.78, 5) is 20.5. The molecule has 32 heavy (non-hydrogen) atoms. The van der Waals surface area contributed by atoms with Crippen molar-refractivity contribution in [3.63, 3.8) is 0 Å². The predicted octanol–water partition coefficient (Wildman–Crippen LogP) is 5.57. The lowest BCUT2D eigenvalue weighted by Gasteiger charge is -2.30. The first-order valence-electron chi connectivity index (χ1n) is 11.1. The van der Waals surface area contributed by atoms with E-state index >= 15 is 0 Å². The van der Waals surface area contributed by atoms with Crippen molar-refractivity contribution in [2.45, 2.75) is 42.7 Å². The molecule has 4 rings (SSSR count). The molecule has 1 aromatic heterocycles. The Bertz CT molecular complexity index is 1060. The van der Waals surface area contributed by atoms with Crippen LogP contribution in [0.15, 0.2) is 59.5 Å². The van der Waals surface area contributed by atoms with E-state index in [1.165, 1.54) is 4.90 Å². The van der Waals surface area contributed by atoms with Crippen LogP contribution in [-0.2, 0) is 0 Å². The highest BCUT2D eigenvalue weighted by Gasteiger charge is 2.23. The van der Waals surface area contributed by atoms with Gasteiger partial charge in [0.05, 0.1) is 5.52 Å². The summed E-state index contributed by atoms with van der Waals surface area (Å²) in [7, 11) is 4.12. The summed E-state index contributed by atoms with van der Waals surface area (Å²) in [5, 5.41) is 10.8. The van der Waals surface area contributed by atoms with Crippen molar-refractivity contribution in [1.29, 1.82) is 0 Å². The molecule has 3 aromatic rings. The molecular weight excluding hydrogens is 418 g/mol. The maximum absolute atomic E-state index is 12.4. The van der Waals surface area contributed by atoms with Gasteiger partial charge in [-0.05, 0) is 62.3 Å². The number of nitrogens with zero attached hydrogens (tertiary/aromatic N) is 2. The van der Waals surface area contributed by atoms with Gasteiger partial charge in [0.2, 0.25) is 0 Å². The van der Waals surface area contributed by atoms with Gasteiger partial charge in [-0.1, -0.05) is 18.2 Å². The van der Waals surface area contributed by atoms with E-state index in [0.29, 0.717) is 6.04 Å². The lowest BCUT2D eigenvalue weighted by molar-refractivity contribution is 0.243. The predicted molar refractivity (Wildman–Crippen MR) is 136 cm³/mol. The Morgan fingerprint density at radius 3 is 2.38 bits per heavy atom. The number of aromatic nitrogens is 1. The van der Waals surface area contributed by atoms with Gasteiger partial charge in [0.25, 0.3) is 0 Å². The average Bonchev–Trinajstić information content (AvgIpc) is 2.80. The Kier molecular flexibility index (Phi) is 7.05. The first-order chi connectivity index (χ1) is 15.5. The molecule has 1 heterocycles. The van der Waals surface area contributed by atoms with Gasteiger partial charge in [-0.25, -0.2) is 9.78 Å². The van der Waals surface area contributed by atoms with Crippen LogP contribution in [0.1, 0.15) is 25.7 Å². The van der Waals surface area contributed by atoms with Crippen LogP contribution >= 0.6 is 11.8 Å². The average molecular weight is 450 g/mol. The number of pyridine rings is 1. The molecule has 0 unspecified atom stereocenters. The number of benzene rings is 2. The molecule has 6 nitrogen and oxygen atoms in total. The smallest absolute Gasteiger partial charge is 0.319 e. The molecule has 0 atom stereocenters. The van der Waals surface area contributed by atoms with E-state index in [1.807, 2.05) is 42.7 Å². The zero-order valence-corrected chi connectivity index (χ0v) is 19.7. The van der Waals surface area contributed by atoms with Crippen LogP contribution in [0.5, 0.6) is 0 Å². The first-order valence-corrected chi connectivity index (χ1v) is 12.3. The van der Waals surface area contributed by atoms with Crippen molar-refractivity contribution in [3.05, 3.63) is 54.6 Å². The molecule has 1 aliphatic rings. The van der Waals surface area contributed by atoms with E-state index < -0.39 is 0 Å². The molecule has 7 heteroatoms. The van der Waals surface area contributed by atoms with Crippen molar-refractivity contribution in [2.75, 3.05) is 35.9 Å². The van der Waals surface area contributed by atoms with Crippen molar-refractivity contribution in [1.82, 2.24) is 10.3 Å². The number of urea groups is 1. The van der Waals surface area contributed by atoms with E-state index in [1.54, 1.807) is 11.8 Å². The SMILES string of the molecule is CSc1ccc(NC(=O)NC2CCC(Nc3cc(N(C)C)c4ccccc4n3)CC2)cc1. The highest BCUT2D eigenvalue weighted by Crippen LogP contribution is 2.29. The summed E-state index contributed by atoms with van der Waals surface area (Å²) in [6.45, 7) is 0. The molecular formula is C25H31N5OS. The summed E-state index contributed by atoms with van der Waals surface area (Å²) in [6, 6.07) is 18.7. The number of nitrogens with one attached hydrogen (secondary N) is 3. The van der Waals surface area contributed by atoms with Gasteiger partial charge >= 0.3 is 6.03 Å². The Morgan fingerprint density at radius 1 is 1.00 bits per heavy atom. The first kappa shape index (κ1) is 22.3. The number of amides is 2. The lowest BCUT2D eigenvalue weighted by atomic mass is 9.91. The Labute approximate surface area is 194 Å². The molecule has 0 bridgehead atoms. The molecule has 0 spiro atoms. The van der Waals surface area contributed by atoms with Gasteiger partial charge in [-0.3, -0.25) is 0 Å². The van der Waals surface area contributed by atoms with Crippen molar-refractivity contribution in [3.8, 4) is 0 Å². The van der Waals surface area contributed by atoms with Crippen LogP contribution < -0.4 is 20.9 Å². The Balaban J connectivity index is 1.30. The van der Waals surface area contributed by atoms with Crippen LogP contribution in [-0.4, -0.2) is 43.4 Å². The number of hydrogen-bond donors (Lipinski definition) is 3. The number of para-hydroxylation sites is 1. The van der Waals surface area contributed by atoms with Crippen LogP contribution in [0.3, 0.4) is 0 Å². The summed E-state index contributed by atoms with van der Waals surface area (Å²) in [5.41, 5.74) is 2.98. The summed E-state index contributed by atoms with van der Waals surface area (Å²) >= 11 is 1.69. The van der Waals surface area contributed by atoms with Gasteiger partial charge in [0.15, 0.2) is 0 Å². The maximum atomic E-state index is 12.4. The van der Waals surface area contributed by atoms with Gasteiger partial charge < -0.3 is 20.9 Å². The van der Waals surface area contributed by atoms with Gasteiger partial charge in [-0.2, -0.15) is 0 Å². The summed E-state index contributed by atoms with van der Waals surface area (Å²) < 4.78 is 0. The molecule has 0 radical (unpaired) electrons. The van der Waals surface area contributed by atoms with E-state index in [9.17, 15) is 4.79 Å². The van der Waals surface area contributed by atoms with Crippen LogP contribution in [0.2, 0.25) is 0 Å². The number of thioether (sulfide) groups is 1. The minimum atomic E-state index is -0.134. The lowest BCUT2D eigenvalue weighted by Crippen LogP contribution is -2.42. The topological polar surface area (TPSA) is 69.3 Å². The number of rotatable bonds is 6. The molecule has 1 aliphatic carbocycles. The standard InChI is InChI=1S/C25H31N5OS/c1-30(2)23-16-24(29-22-7-5-4-6-21(22)23)26-17-8-10-18(11-9-17)27-25(31)28-19-12-14-20(32-3)15-13-19/h4-7,12-18H,8-11H2,1-3H3,(H,26,29)(H2,27,28,31). The minimum absolute atomic E-state index is 0.134. The Morgan fingerprint density at radius 2 is 1.69 bits per heavy atom. The molecule has 0 saturated heterocycles. The van der Waals surface area contributed by atoms with Crippen LogP contribution in [0.25, 0.3) is 10.9 Å². The molecule has 3 N–H and O–H groups in total. The molecule has 2 aromatic carbocycles. The Hall–Kier alpha value is -2.93. The zero-order valence-electron chi connectivity index (χ0n) is 18.9. The normalized spacial score (nSPS) is 18.2. The van der Waals surface area contributed by atoms with E-state index in [2.05, 4.69) is 53.1 Å². The van der Waals surface area contributed by atoms with Gasteiger partial charge in [0.1, 0.15) is 5.82 Å². The second-order valence-corrected chi connectivity index (χ2v) is 9.34. The fraction of sp³-hybridized carbons (Fsp3) is 0.360. The highest BCUT2D eigenvalue weighted by molar-refractivity contribution is 7.98. The molecule has 1 saturated carbocycles. The summed E-state index contributed by atoms with van der Waals surface area (Å²) in [5.74, 6) is 0.912. The second kappa shape index (κ2) is 10.1. The maximum Gasteiger partial charge on any atom is 0.319 e. The largest absolute Gasteiger partial charge is 0.377 e. The number of carbonyl (C=O) groups excluding carboxylic acids is 1. The molecule has 0 aliphatic heterocycles. The van der Waals surface area contributed by atoms with Crippen LogP contribution in [0.4, 0.5) is 22.0 Å². The fourth-order valence-electron chi connectivity index (χ4n) is 4.22. The molecule has 1 fully saturated rings. The van der Waals surface area contributed by atoms with E-state index in [0.717, 1.165) is 53.8 Å². The zero-order chi connectivity index (χ0) is 22.5. The van der Waals surface area contributed by atoms with Crippen molar-refractivity contribution in [2.24, 2.45) is 0 Å². The number of hydrogen-bond acceptors (Lipinski definition) is 5. The third-order valence-corrected chi connectivity index (χ3v) is 6.68. The highest BCUT2D eigenvalue weighted by atomic mass is 32.2. The minimum Gasteiger partial charge on any atom is -0.377 e. The monoisotopic (exact) mass is 449 g/mol.